The average Bonchev–Trinajstić information content (AvgIpc) is 2.96. The van der Waals surface area contributed by atoms with Crippen LogP contribution in [0.2, 0.25) is 0 Å². The lowest BCUT2D eigenvalue weighted by Gasteiger charge is -2.28. The number of amides is 3. The first-order valence-corrected chi connectivity index (χ1v) is 6.57. The number of carbonyl (C=O) groups is 3. The molecule has 0 aromatic carbocycles. The molecule has 9 heteroatoms. The SMILES string of the molecule is COC(=O)[C@@H]1c2sc(C(N)=O)cc2[C@@H]2CN1C(=O)N2O. The summed E-state index contributed by atoms with van der Waals surface area (Å²) in [6.07, 6.45) is 0. The molecular weight excluding hydrogens is 286 g/mol. The quantitative estimate of drug-likeness (QED) is 0.600. The van der Waals surface area contributed by atoms with Gasteiger partial charge in [-0.05, 0) is 11.6 Å². The number of ether oxygens (including phenoxy) is 1. The maximum absolute atomic E-state index is 11.9. The van der Waals surface area contributed by atoms with Crippen LogP contribution in [0.5, 0.6) is 0 Å². The topological polar surface area (TPSA) is 113 Å². The lowest BCUT2D eigenvalue weighted by Crippen LogP contribution is -2.38. The van der Waals surface area contributed by atoms with E-state index in [0.717, 1.165) is 11.3 Å². The number of nitrogens with two attached hydrogens (primary N) is 1. The normalized spacial score (nSPS) is 23.8. The first kappa shape index (κ1) is 12.9. The molecule has 3 N–H and O–H groups in total. The number of thiophene rings is 1. The minimum atomic E-state index is -0.950. The van der Waals surface area contributed by atoms with Gasteiger partial charge < -0.3 is 15.4 Å². The smallest absolute Gasteiger partial charge is 0.345 e. The van der Waals surface area contributed by atoms with E-state index >= 15 is 0 Å². The van der Waals surface area contributed by atoms with Crippen molar-refractivity contribution in [1.82, 2.24) is 9.96 Å². The van der Waals surface area contributed by atoms with Crippen molar-refractivity contribution in [3.63, 3.8) is 0 Å². The van der Waals surface area contributed by atoms with Crippen LogP contribution in [0.1, 0.15) is 32.2 Å². The van der Waals surface area contributed by atoms with Crippen molar-refractivity contribution in [1.29, 1.82) is 0 Å². The zero-order valence-corrected chi connectivity index (χ0v) is 11.2. The van der Waals surface area contributed by atoms with Crippen LogP contribution in [0, 0.1) is 0 Å². The molecule has 2 aliphatic rings. The van der Waals surface area contributed by atoms with Crippen molar-refractivity contribution in [3.8, 4) is 0 Å². The van der Waals surface area contributed by atoms with Gasteiger partial charge in [0.25, 0.3) is 5.91 Å². The zero-order valence-electron chi connectivity index (χ0n) is 10.4. The molecule has 1 aromatic heterocycles. The predicted molar refractivity (Wildman–Crippen MR) is 66.1 cm³/mol. The molecule has 1 saturated heterocycles. The van der Waals surface area contributed by atoms with Crippen LogP contribution in [0.25, 0.3) is 0 Å². The van der Waals surface area contributed by atoms with Gasteiger partial charge in [0, 0.05) is 4.88 Å². The average molecular weight is 297 g/mol. The summed E-state index contributed by atoms with van der Waals surface area (Å²) in [5.74, 6) is -1.24. The Labute approximate surface area is 117 Å². The number of hydroxylamine groups is 2. The first-order valence-electron chi connectivity index (χ1n) is 5.75. The number of primary amides is 1. The summed E-state index contributed by atoms with van der Waals surface area (Å²) in [5, 5.41) is 10.4. The number of carbonyl (C=O) groups excluding carboxylic acids is 3. The van der Waals surface area contributed by atoms with Crippen molar-refractivity contribution in [2.24, 2.45) is 5.73 Å². The molecule has 0 spiro atoms. The van der Waals surface area contributed by atoms with E-state index in [1.54, 1.807) is 0 Å². The Kier molecular flexibility index (Phi) is 2.69. The van der Waals surface area contributed by atoms with Gasteiger partial charge in [-0.1, -0.05) is 0 Å². The minimum Gasteiger partial charge on any atom is -0.467 e. The first-order chi connectivity index (χ1) is 9.45. The van der Waals surface area contributed by atoms with Gasteiger partial charge in [-0.2, -0.15) is 5.06 Å². The molecule has 106 valence electrons. The molecule has 0 aliphatic carbocycles. The minimum absolute atomic E-state index is 0.164. The molecule has 0 saturated carbocycles. The van der Waals surface area contributed by atoms with Crippen molar-refractivity contribution < 1.29 is 24.3 Å². The van der Waals surface area contributed by atoms with Gasteiger partial charge in [0.05, 0.1) is 18.5 Å². The summed E-state index contributed by atoms with van der Waals surface area (Å²) >= 11 is 1.04. The number of nitrogens with zero attached hydrogens (tertiary/aromatic N) is 2. The molecule has 2 bridgehead atoms. The highest BCUT2D eigenvalue weighted by Crippen LogP contribution is 2.46. The van der Waals surface area contributed by atoms with Gasteiger partial charge >= 0.3 is 12.0 Å². The Morgan fingerprint density at radius 1 is 1.55 bits per heavy atom. The summed E-state index contributed by atoms with van der Waals surface area (Å²) in [6.45, 7) is 0.164. The van der Waals surface area contributed by atoms with Gasteiger partial charge in [-0.15, -0.1) is 11.3 Å². The third-order valence-electron chi connectivity index (χ3n) is 3.48. The fourth-order valence-corrected chi connectivity index (χ4v) is 3.73. The second-order valence-corrected chi connectivity index (χ2v) is 5.60. The third-order valence-corrected chi connectivity index (χ3v) is 4.70. The Balaban J connectivity index is 2.16. The zero-order chi connectivity index (χ0) is 14.6. The van der Waals surface area contributed by atoms with Gasteiger partial charge in [0.15, 0.2) is 6.04 Å². The van der Waals surface area contributed by atoms with Crippen LogP contribution in [-0.2, 0) is 9.53 Å². The molecule has 20 heavy (non-hydrogen) atoms. The van der Waals surface area contributed by atoms with Crippen molar-refractivity contribution >= 4 is 29.2 Å². The fraction of sp³-hybridized carbons (Fsp3) is 0.364. The van der Waals surface area contributed by atoms with Gasteiger partial charge in [0.2, 0.25) is 0 Å². The highest BCUT2D eigenvalue weighted by atomic mass is 32.1. The van der Waals surface area contributed by atoms with Gasteiger partial charge in [-0.25, -0.2) is 9.59 Å². The van der Waals surface area contributed by atoms with Crippen LogP contribution in [-0.4, -0.2) is 46.7 Å². The molecule has 8 nitrogen and oxygen atoms in total. The standard InChI is InChI=1S/C11H11N3O5S/c1-19-10(16)7-8-4(2-6(20-8)9(12)15)5-3-13(7)11(17)14(5)18/h2,5,7,18H,3H2,1H3,(H2,12,15)/t5-,7-/m0/s1. The molecule has 2 atom stereocenters. The number of hydrogen-bond acceptors (Lipinski definition) is 6. The number of urea groups is 1. The van der Waals surface area contributed by atoms with E-state index in [1.807, 2.05) is 0 Å². The highest BCUT2D eigenvalue weighted by Gasteiger charge is 2.51. The van der Waals surface area contributed by atoms with E-state index < -0.39 is 30.0 Å². The lowest BCUT2D eigenvalue weighted by atomic mass is 9.99. The molecule has 1 aromatic rings. The van der Waals surface area contributed by atoms with Crippen molar-refractivity contribution in [3.05, 3.63) is 21.4 Å². The van der Waals surface area contributed by atoms with E-state index in [9.17, 15) is 19.6 Å². The Bertz CT molecular complexity index is 628. The van der Waals surface area contributed by atoms with Crippen molar-refractivity contribution in [2.75, 3.05) is 13.7 Å². The number of methoxy groups -OCH3 is 1. The lowest BCUT2D eigenvalue weighted by molar-refractivity contribution is -0.146. The number of rotatable bonds is 2. The van der Waals surface area contributed by atoms with Crippen LogP contribution in [0.4, 0.5) is 4.79 Å². The Morgan fingerprint density at radius 2 is 2.25 bits per heavy atom. The monoisotopic (exact) mass is 297 g/mol. The van der Waals surface area contributed by atoms with E-state index in [4.69, 9.17) is 10.5 Å². The summed E-state index contributed by atoms with van der Waals surface area (Å²) in [4.78, 5) is 37.1. The van der Waals surface area contributed by atoms with E-state index in [2.05, 4.69) is 0 Å². The fourth-order valence-electron chi connectivity index (χ4n) is 2.55. The summed E-state index contributed by atoms with van der Waals surface area (Å²) in [6, 6.07) is -0.687. The van der Waals surface area contributed by atoms with Crippen LogP contribution in [0.3, 0.4) is 0 Å². The number of fused-ring (bicyclic) bond motifs is 4. The van der Waals surface area contributed by atoms with Crippen LogP contribution in [0.15, 0.2) is 6.07 Å². The second-order valence-electron chi connectivity index (χ2n) is 4.52. The van der Waals surface area contributed by atoms with Crippen LogP contribution >= 0.6 is 11.3 Å². The highest BCUT2D eigenvalue weighted by molar-refractivity contribution is 7.14. The molecule has 3 rings (SSSR count). The maximum atomic E-state index is 11.9. The van der Waals surface area contributed by atoms with E-state index in [0.29, 0.717) is 15.5 Å². The molecule has 0 radical (unpaired) electrons. The van der Waals surface area contributed by atoms with Crippen molar-refractivity contribution in [2.45, 2.75) is 12.1 Å². The summed E-state index contributed by atoms with van der Waals surface area (Å²) in [7, 11) is 1.22. The number of esters is 1. The van der Waals surface area contributed by atoms with Gasteiger partial charge in [0.1, 0.15) is 6.04 Å². The molecule has 3 amide bonds. The molecule has 1 fully saturated rings. The Morgan fingerprint density at radius 3 is 2.85 bits per heavy atom. The van der Waals surface area contributed by atoms with E-state index in [-0.39, 0.29) is 11.4 Å². The Hall–Kier alpha value is -2.13. The van der Waals surface area contributed by atoms with Crippen LogP contribution < -0.4 is 5.73 Å². The molecule has 2 aliphatic heterocycles. The maximum Gasteiger partial charge on any atom is 0.345 e. The predicted octanol–water partition coefficient (Wildman–Crippen LogP) is 0.243. The second kappa shape index (κ2) is 4.18. The third kappa shape index (κ3) is 1.53. The molecule has 3 heterocycles. The summed E-state index contributed by atoms with van der Waals surface area (Å²) < 4.78 is 4.71. The number of hydrogen-bond donors (Lipinski definition) is 2. The molecular formula is C11H11N3O5S. The molecule has 0 unspecified atom stereocenters. The van der Waals surface area contributed by atoms with Gasteiger partial charge in [-0.3, -0.25) is 10.0 Å². The largest absolute Gasteiger partial charge is 0.467 e. The summed E-state index contributed by atoms with van der Waals surface area (Å²) in [5.41, 5.74) is 5.80. The van der Waals surface area contributed by atoms with E-state index in [1.165, 1.54) is 18.1 Å².